The summed E-state index contributed by atoms with van der Waals surface area (Å²) in [4.78, 5) is 27.7. The van der Waals surface area contributed by atoms with Crippen LogP contribution in [0.5, 0.6) is 0 Å². The van der Waals surface area contributed by atoms with Crippen LogP contribution in [0.25, 0.3) is 0 Å². The van der Waals surface area contributed by atoms with Crippen LogP contribution in [0.3, 0.4) is 0 Å². The highest BCUT2D eigenvalue weighted by molar-refractivity contribution is 5.97. The number of ketones is 1. The molecular weight excluding hydrogens is 228 g/mol. The van der Waals surface area contributed by atoms with E-state index in [1.54, 1.807) is 16.8 Å². The first-order valence-electron chi connectivity index (χ1n) is 6.13. The molecule has 0 radical (unpaired) electrons. The Labute approximate surface area is 108 Å². The molecule has 0 aromatic carbocycles. The standard InChI is InChI=1S/C14H22N2O2/c1-13(2,3)9-16-8-7-10(15-12(16)18)11(17)14(4,5)6/h7-8H,9H2,1-6H3. The fourth-order valence-corrected chi connectivity index (χ4v) is 1.57. The van der Waals surface area contributed by atoms with Gasteiger partial charge in [-0.3, -0.25) is 9.36 Å². The van der Waals surface area contributed by atoms with Crippen LogP contribution in [0.4, 0.5) is 0 Å². The molecule has 100 valence electrons. The second-order valence-corrected chi connectivity index (χ2v) is 6.86. The van der Waals surface area contributed by atoms with E-state index in [4.69, 9.17) is 0 Å². The predicted molar refractivity (Wildman–Crippen MR) is 71.7 cm³/mol. The Morgan fingerprint density at radius 3 is 2.17 bits per heavy atom. The molecule has 1 rings (SSSR count). The van der Waals surface area contributed by atoms with Crippen molar-refractivity contribution in [3.05, 3.63) is 28.4 Å². The molecule has 1 aromatic heterocycles. The number of hydrogen-bond acceptors (Lipinski definition) is 3. The highest BCUT2D eigenvalue weighted by atomic mass is 16.1. The lowest BCUT2D eigenvalue weighted by Gasteiger charge is -2.20. The maximum Gasteiger partial charge on any atom is 0.348 e. The van der Waals surface area contributed by atoms with Gasteiger partial charge in [-0.25, -0.2) is 4.79 Å². The highest BCUT2D eigenvalue weighted by Gasteiger charge is 2.24. The van der Waals surface area contributed by atoms with Crippen molar-refractivity contribution in [2.45, 2.75) is 48.1 Å². The Kier molecular flexibility index (Phi) is 3.79. The topological polar surface area (TPSA) is 52.0 Å². The Hall–Kier alpha value is -1.45. The van der Waals surface area contributed by atoms with Gasteiger partial charge in [0.2, 0.25) is 0 Å². The SMILES string of the molecule is CC(C)(C)Cn1ccc(C(=O)C(C)(C)C)nc1=O. The van der Waals surface area contributed by atoms with E-state index >= 15 is 0 Å². The van der Waals surface area contributed by atoms with Crippen molar-refractivity contribution in [1.82, 2.24) is 9.55 Å². The predicted octanol–water partition coefficient (Wildman–Crippen LogP) is 2.52. The zero-order valence-electron chi connectivity index (χ0n) is 12.1. The normalized spacial score (nSPS) is 12.6. The van der Waals surface area contributed by atoms with Gasteiger partial charge in [0.15, 0.2) is 5.78 Å². The summed E-state index contributed by atoms with van der Waals surface area (Å²) in [6, 6.07) is 1.63. The van der Waals surface area contributed by atoms with Gasteiger partial charge in [0, 0.05) is 18.2 Å². The van der Waals surface area contributed by atoms with Crippen molar-refractivity contribution < 1.29 is 4.79 Å². The zero-order chi connectivity index (χ0) is 14.1. The number of Topliss-reactive ketones (excluding diaryl/α,β-unsaturated/α-hetero) is 1. The molecular formula is C14H22N2O2. The minimum atomic E-state index is -0.518. The van der Waals surface area contributed by atoms with Gasteiger partial charge in [0.25, 0.3) is 0 Å². The molecule has 0 saturated heterocycles. The van der Waals surface area contributed by atoms with E-state index < -0.39 is 5.41 Å². The van der Waals surface area contributed by atoms with E-state index in [-0.39, 0.29) is 22.6 Å². The molecule has 0 unspecified atom stereocenters. The van der Waals surface area contributed by atoms with Crippen molar-refractivity contribution in [2.75, 3.05) is 0 Å². The van der Waals surface area contributed by atoms with Gasteiger partial charge in [-0.05, 0) is 11.5 Å². The first-order valence-corrected chi connectivity index (χ1v) is 6.13. The Morgan fingerprint density at radius 1 is 1.22 bits per heavy atom. The molecule has 1 heterocycles. The second-order valence-electron chi connectivity index (χ2n) is 6.86. The third-order valence-electron chi connectivity index (χ3n) is 2.43. The summed E-state index contributed by atoms with van der Waals surface area (Å²) in [6.07, 6.45) is 1.65. The number of rotatable bonds is 2. The maximum absolute atomic E-state index is 12.0. The fraction of sp³-hybridized carbons (Fsp3) is 0.643. The summed E-state index contributed by atoms with van der Waals surface area (Å²) in [5.74, 6) is -0.109. The van der Waals surface area contributed by atoms with Gasteiger partial charge in [0.05, 0.1) is 0 Å². The summed E-state index contributed by atoms with van der Waals surface area (Å²) >= 11 is 0. The van der Waals surface area contributed by atoms with Crippen LogP contribution in [0.15, 0.2) is 17.1 Å². The summed E-state index contributed by atoms with van der Waals surface area (Å²) < 4.78 is 1.54. The quantitative estimate of drug-likeness (QED) is 0.758. The van der Waals surface area contributed by atoms with Crippen LogP contribution in [-0.2, 0) is 6.54 Å². The number of hydrogen-bond donors (Lipinski definition) is 0. The lowest BCUT2D eigenvalue weighted by molar-refractivity contribution is 0.0852. The van der Waals surface area contributed by atoms with E-state index in [0.717, 1.165) is 0 Å². The zero-order valence-corrected chi connectivity index (χ0v) is 12.1. The summed E-state index contributed by atoms with van der Waals surface area (Å²) in [6.45, 7) is 12.2. The van der Waals surface area contributed by atoms with Crippen molar-refractivity contribution >= 4 is 5.78 Å². The molecule has 0 spiro atoms. The molecule has 0 amide bonds. The molecule has 18 heavy (non-hydrogen) atoms. The summed E-state index contributed by atoms with van der Waals surface area (Å²) in [5, 5.41) is 0. The largest absolute Gasteiger partial charge is 0.348 e. The molecule has 4 heteroatoms. The Morgan fingerprint density at radius 2 is 1.78 bits per heavy atom. The molecule has 0 fully saturated rings. The summed E-state index contributed by atoms with van der Waals surface area (Å²) in [5.41, 5.74) is -0.630. The third kappa shape index (κ3) is 3.79. The average molecular weight is 250 g/mol. The van der Waals surface area contributed by atoms with Gasteiger partial charge < -0.3 is 0 Å². The van der Waals surface area contributed by atoms with Crippen molar-refractivity contribution in [1.29, 1.82) is 0 Å². The minimum absolute atomic E-state index is 0.00105. The average Bonchev–Trinajstić information content (AvgIpc) is 2.16. The second kappa shape index (κ2) is 4.67. The molecule has 1 aromatic rings. The van der Waals surface area contributed by atoms with Gasteiger partial charge >= 0.3 is 5.69 Å². The van der Waals surface area contributed by atoms with Crippen LogP contribution in [-0.4, -0.2) is 15.3 Å². The molecule has 0 N–H and O–H groups in total. The number of carbonyl (C=O) groups excluding carboxylic acids is 1. The number of nitrogens with zero attached hydrogens (tertiary/aromatic N) is 2. The van der Waals surface area contributed by atoms with E-state index in [2.05, 4.69) is 4.98 Å². The maximum atomic E-state index is 12.0. The van der Waals surface area contributed by atoms with E-state index in [1.807, 2.05) is 41.5 Å². The Balaban J connectivity index is 3.08. The van der Waals surface area contributed by atoms with Crippen molar-refractivity contribution in [2.24, 2.45) is 10.8 Å². The highest BCUT2D eigenvalue weighted by Crippen LogP contribution is 2.19. The lowest BCUT2D eigenvalue weighted by atomic mass is 9.89. The van der Waals surface area contributed by atoms with Crippen LogP contribution in [0.2, 0.25) is 0 Å². The molecule has 0 saturated carbocycles. The van der Waals surface area contributed by atoms with E-state index in [1.165, 1.54) is 0 Å². The molecule has 0 bridgehead atoms. The lowest BCUT2D eigenvalue weighted by Crippen LogP contribution is -2.31. The number of aromatic nitrogens is 2. The molecule has 4 nitrogen and oxygen atoms in total. The monoisotopic (exact) mass is 250 g/mol. The van der Waals surface area contributed by atoms with Gasteiger partial charge in [-0.2, -0.15) is 4.98 Å². The molecule has 0 aliphatic carbocycles. The van der Waals surface area contributed by atoms with E-state index in [0.29, 0.717) is 6.54 Å². The minimum Gasteiger partial charge on any atom is -0.299 e. The van der Waals surface area contributed by atoms with Crippen molar-refractivity contribution in [3.8, 4) is 0 Å². The van der Waals surface area contributed by atoms with Crippen LogP contribution >= 0.6 is 0 Å². The Bertz CT molecular complexity index is 502. The van der Waals surface area contributed by atoms with Gasteiger partial charge in [0.1, 0.15) is 5.69 Å². The van der Waals surface area contributed by atoms with E-state index in [9.17, 15) is 9.59 Å². The van der Waals surface area contributed by atoms with Crippen molar-refractivity contribution in [3.63, 3.8) is 0 Å². The first kappa shape index (κ1) is 14.6. The smallest absolute Gasteiger partial charge is 0.299 e. The van der Waals surface area contributed by atoms with Gasteiger partial charge in [-0.15, -0.1) is 0 Å². The van der Waals surface area contributed by atoms with Crippen LogP contribution < -0.4 is 5.69 Å². The summed E-state index contributed by atoms with van der Waals surface area (Å²) in [7, 11) is 0. The van der Waals surface area contributed by atoms with Gasteiger partial charge in [-0.1, -0.05) is 41.5 Å². The fourth-order valence-electron chi connectivity index (χ4n) is 1.57. The molecule has 0 aliphatic heterocycles. The molecule has 0 aliphatic rings. The third-order valence-corrected chi connectivity index (χ3v) is 2.43. The molecule has 0 atom stereocenters. The van der Waals surface area contributed by atoms with Crippen LogP contribution in [0.1, 0.15) is 52.0 Å². The first-order chi connectivity index (χ1) is 8.00. The van der Waals surface area contributed by atoms with Crippen LogP contribution in [0, 0.1) is 10.8 Å². The number of carbonyl (C=O) groups is 1.